The molecule has 0 bridgehead atoms. The molecule has 0 aromatic carbocycles. The van der Waals surface area contributed by atoms with Crippen molar-refractivity contribution in [2.75, 3.05) is 6.61 Å². The molecule has 1 aromatic heterocycles. The maximum atomic E-state index is 11.1. The summed E-state index contributed by atoms with van der Waals surface area (Å²) in [5, 5.41) is 3.31. The number of rotatable bonds is 5. The number of nitrogens with zero attached hydrogens (tertiary/aromatic N) is 1. The maximum absolute atomic E-state index is 11.1. The molecule has 82 valence electrons. The molecule has 1 aromatic rings. The van der Waals surface area contributed by atoms with Crippen molar-refractivity contribution in [3.8, 4) is 0 Å². The van der Waals surface area contributed by atoms with Crippen LogP contribution in [0, 0.1) is 0 Å². The molecule has 1 saturated carbocycles. The number of aromatic nitrogens is 1. The molecule has 0 saturated heterocycles. The first-order valence-corrected chi connectivity index (χ1v) is 6.27. The van der Waals surface area contributed by atoms with Gasteiger partial charge in [-0.3, -0.25) is 4.79 Å². The quantitative estimate of drug-likeness (QED) is 0.723. The van der Waals surface area contributed by atoms with Crippen molar-refractivity contribution < 1.29 is 9.53 Å². The minimum Gasteiger partial charge on any atom is -0.466 e. The Morgan fingerprint density at radius 1 is 1.67 bits per heavy atom. The number of carbonyl (C=O) groups is 1. The molecule has 0 aliphatic heterocycles. The van der Waals surface area contributed by atoms with Gasteiger partial charge < -0.3 is 4.74 Å². The number of hydrogen-bond donors (Lipinski definition) is 0. The Bertz CT molecular complexity index is 344. The Morgan fingerprint density at radius 3 is 3.13 bits per heavy atom. The molecule has 0 spiro atoms. The first-order chi connectivity index (χ1) is 7.29. The third-order valence-corrected chi connectivity index (χ3v) is 3.44. The summed E-state index contributed by atoms with van der Waals surface area (Å²) in [6.45, 7) is 2.29. The van der Waals surface area contributed by atoms with Gasteiger partial charge in [0.2, 0.25) is 0 Å². The van der Waals surface area contributed by atoms with Gasteiger partial charge in [-0.05, 0) is 19.8 Å². The molecular weight excluding hydrogens is 210 g/mol. The Hall–Kier alpha value is -0.900. The fraction of sp³-hybridized carbons (Fsp3) is 0.636. The van der Waals surface area contributed by atoms with Crippen molar-refractivity contribution >= 4 is 17.3 Å². The lowest BCUT2D eigenvalue weighted by molar-refractivity contribution is -0.143. The second kappa shape index (κ2) is 4.75. The van der Waals surface area contributed by atoms with Crippen LogP contribution in [0.25, 0.3) is 0 Å². The first-order valence-electron chi connectivity index (χ1n) is 5.39. The molecule has 0 atom stereocenters. The number of ether oxygens (including phenoxy) is 1. The third-order valence-electron chi connectivity index (χ3n) is 2.39. The van der Waals surface area contributed by atoms with Crippen LogP contribution >= 0.6 is 11.3 Å². The van der Waals surface area contributed by atoms with Gasteiger partial charge in [-0.1, -0.05) is 0 Å². The summed E-state index contributed by atoms with van der Waals surface area (Å²) in [6, 6.07) is 0. The lowest BCUT2D eigenvalue weighted by Crippen LogP contribution is -2.05. The van der Waals surface area contributed by atoms with E-state index in [1.165, 1.54) is 17.8 Å². The number of carbonyl (C=O) groups excluding carboxylic acids is 1. The number of aryl methyl sites for hydroxylation is 1. The minimum absolute atomic E-state index is 0.126. The summed E-state index contributed by atoms with van der Waals surface area (Å²) < 4.78 is 4.87. The fourth-order valence-corrected chi connectivity index (χ4v) is 2.44. The van der Waals surface area contributed by atoms with Crippen LogP contribution in [0.2, 0.25) is 0 Å². The van der Waals surface area contributed by atoms with E-state index in [-0.39, 0.29) is 5.97 Å². The zero-order valence-electron chi connectivity index (χ0n) is 8.86. The van der Waals surface area contributed by atoms with Gasteiger partial charge in [-0.25, -0.2) is 4.98 Å². The van der Waals surface area contributed by atoms with E-state index in [4.69, 9.17) is 4.74 Å². The molecule has 4 heteroatoms. The molecule has 1 aliphatic carbocycles. The summed E-state index contributed by atoms with van der Waals surface area (Å²) in [4.78, 5) is 15.6. The predicted molar refractivity (Wildman–Crippen MR) is 59.0 cm³/mol. The Morgan fingerprint density at radius 2 is 2.47 bits per heavy atom. The Labute approximate surface area is 93.5 Å². The molecule has 0 radical (unpaired) electrons. The highest BCUT2D eigenvalue weighted by Gasteiger charge is 2.26. The molecular formula is C11H15NO2S. The van der Waals surface area contributed by atoms with Crippen LogP contribution < -0.4 is 0 Å². The molecule has 15 heavy (non-hydrogen) atoms. The molecule has 2 rings (SSSR count). The van der Waals surface area contributed by atoms with Crippen molar-refractivity contribution in [1.29, 1.82) is 0 Å². The molecule has 3 nitrogen and oxygen atoms in total. The van der Waals surface area contributed by atoms with E-state index < -0.39 is 0 Å². The van der Waals surface area contributed by atoms with Gasteiger partial charge in [-0.2, -0.15) is 0 Å². The van der Waals surface area contributed by atoms with Crippen molar-refractivity contribution in [1.82, 2.24) is 4.98 Å². The normalized spacial score (nSPS) is 15.3. The van der Waals surface area contributed by atoms with Gasteiger partial charge in [0.25, 0.3) is 0 Å². The van der Waals surface area contributed by atoms with Gasteiger partial charge in [0.15, 0.2) is 0 Å². The van der Waals surface area contributed by atoms with Gasteiger partial charge in [0, 0.05) is 17.7 Å². The second-order valence-electron chi connectivity index (χ2n) is 3.76. The smallest absolute Gasteiger partial charge is 0.306 e. The van der Waals surface area contributed by atoms with Crippen LogP contribution in [0.1, 0.15) is 42.8 Å². The predicted octanol–water partition coefficient (Wildman–Crippen LogP) is 2.52. The summed E-state index contributed by atoms with van der Waals surface area (Å²) >= 11 is 1.72. The average Bonchev–Trinajstić information content (AvgIpc) is 2.96. The fourth-order valence-electron chi connectivity index (χ4n) is 1.42. The number of esters is 1. The minimum atomic E-state index is -0.126. The van der Waals surface area contributed by atoms with E-state index in [0.717, 1.165) is 5.69 Å². The highest BCUT2D eigenvalue weighted by atomic mass is 32.1. The zero-order valence-corrected chi connectivity index (χ0v) is 9.68. The topological polar surface area (TPSA) is 39.2 Å². The van der Waals surface area contributed by atoms with Crippen molar-refractivity contribution in [3.63, 3.8) is 0 Å². The first kappa shape index (κ1) is 10.6. The number of hydrogen-bond acceptors (Lipinski definition) is 4. The molecule has 1 fully saturated rings. The monoisotopic (exact) mass is 225 g/mol. The van der Waals surface area contributed by atoms with Gasteiger partial charge >= 0.3 is 5.97 Å². The summed E-state index contributed by atoms with van der Waals surface area (Å²) in [7, 11) is 0. The Balaban J connectivity index is 1.80. The van der Waals surface area contributed by atoms with Crippen LogP contribution in [-0.2, 0) is 16.0 Å². The van der Waals surface area contributed by atoms with Crippen LogP contribution in [-0.4, -0.2) is 17.6 Å². The largest absolute Gasteiger partial charge is 0.466 e. The van der Waals surface area contributed by atoms with Crippen LogP contribution in [0.15, 0.2) is 5.38 Å². The molecule has 0 amide bonds. The van der Waals surface area contributed by atoms with E-state index in [1.807, 2.05) is 6.92 Å². The maximum Gasteiger partial charge on any atom is 0.306 e. The van der Waals surface area contributed by atoms with Crippen LogP contribution in [0.3, 0.4) is 0 Å². The van der Waals surface area contributed by atoms with Gasteiger partial charge in [0.1, 0.15) is 0 Å². The van der Waals surface area contributed by atoms with Crippen molar-refractivity contribution in [3.05, 3.63) is 16.1 Å². The van der Waals surface area contributed by atoms with Crippen LogP contribution in [0.4, 0.5) is 0 Å². The summed E-state index contributed by atoms with van der Waals surface area (Å²) in [5.74, 6) is 0.588. The van der Waals surface area contributed by atoms with E-state index in [9.17, 15) is 4.79 Å². The lowest BCUT2D eigenvalue weighted by Gasteiger charge is -1.99. The average molecular weight is 225 g/mol. The van der Waals surface area contributed by atoms with E-state index in [2.05, 4.69) is 10.4 Å². The highest BCUT2D eigenvalue weighted by molar-refractivity contribution is 7.09. The van der Waals surface area contributed by atoms with Gasteiger partial charge in [-0.15, -0.1) is 11.3 Å². The summed E-state index contributed by atoms with van der Waals surface area (Å²) in [6.07, 6.45) is 3.72. The van der Waals surface area contributed by atoms with Crippen LogP contribution in [0.5, 0.6) is 0 Å². The van der Waals surface area contributed by atoms with E-state index in [0.29, 0.717) is 25.4 Å². The third kappa shape index (κ3) is 3.02. The summed E-state index contributed by atoms with van der Waals surface area (Å²) in [5.41, 5.74) is 1.04. The Kier molecular flexibility index (Phi) is 3.36. The van der Waals surface area contributed by atoms with Crippen molar-refractivity contribution in [2.45, 2.75) is 38.5 Å². The standard InChI is InChI=1S/C11H15NO2S/c1-2-14-10(13)6-5-9-7-15-11(12-9)8-3-4-8/h7-8H,2-6H2,1H3. The molecule has 0 N–H and O–H groups in total. The van der Waals surface area contributed by atoms with E-state index in [1.54, 1.807) is 11.3 Å². The second-order valence-corrected chi connectivity index (χ2v) is 4.65. The van der Waals surface area contributed by atoms with E-state index >= 15 is 0 Å². The lowest BCUT2D eigenvalue weighted by atomic mass is 10.2. The van der Waals surface area contributed by atoms with Crippen molar-refractivity contribution in [2.24, 2.45) is 0 Å². The molecule has 1 aliphatic rings. The number of thiazole rings is 1. The van der Waals surface area contributed by atoms with Gasteiger partial charge in [0.05, 0.1) is 23.7 Å². The SMILES string of the molecule is CCOC(=O)CCc1csc(C2CC2)n1. The molecule has 1 heterocycles. The highest BCUT2D eigenvalue weighted by Crippen LogP contribution is 2.41. The zero-order chi connectivity index (χ0) is 10.7. The molecule has 0 unspecified atom stereocenters.